The fourth-order valence-electron chi connectivity index (χ4n) is 7.97. The van der Waals surface area contributed by atoms with Crippen LogP contribution >= 0.6 is 0 Å². The molecule has 0 amide bonds. The summed E-state index contributed by atoms with van der Waals surface area (Å²) in [5.41, 5.74) is 10.2. The summed E-state index contributed by atoms with van der Waals surface area (Å²) in [4.78, 5) is 15.5. The number of rotatable bonds is 5. The van der Waals surface area contributed by atoms with Gasteiger partial charge in [0, 0.05) is 16.7 Å². The largest absolute Gasteiger partial charge is 0.208 e. The van der Waals surface area contributed by atoms with Gasteiger partial charge in [-0.3, -0.25) is 0 Å². The van der Waals surface area contributed by atoms with Crippen molar-refractivity contribution in [1.29, 1.82) is 0 Å². The summed E-state index contributed by atoms with van der Waals surface area (Å²) in [7, 11) is -1.99. The van der Waals surface area contributed by atoms with Gasteiger partial charge in [-0.25, -0.2) is 15.0 Å². The average molecular weight is 694 g/mol. The van der Waals surface area contributed by atoms with Gasteiger partial charge < -0.3 is 0 Å². The van der Waals surface area contributed by atoms with Crippen molar-refractivity contribution in [2.75, 3.05) is 0 Å². The van der Waals surface area contributed by atoms with Crippen molar-refractivity contribution in [1.82, 2.24) is 15.0 Å². The predicted molar refractivity (Wildman–Crippen MR) is 224 cm³/mol. The van der Waals surface area contributed by atoms with Crippen molar-refractivity contribution in [2.24, 2.45) is 0 Å². The van der Waals surface area contributed by atoms with Gasteiger partial charge in [0.2, 0.25) is 0 Å². The highest BCUT2D eigenvalue weighted by Crippen LogP contribution is 2.35. The fourth-order valence-corrected chi connectivity index (χ4v) is 11.1. The number of nitrogens with zero attached hydrogens (tertiary/aromatic N) is 3. The molecule has 0 spiro atoms. The Morgan fingerprint density at radius 2 is 0.774 bits per heavy atom. The molecule has 0 atom stereocenters. The van der Waals surface area contributed by atoms with E-state index >= 15 is 0 Å². The number of aromatic nitrogens is 3. The van der Waals surface area contributed by atoms with Gasteiger partial charge in [-0.05, 0) is 83.5 Å². The molecule has 0 unspecified atom stereocenters. The van der Waals surface area contributed by atoms with Crippen molar-refractivity contribution < 1.29 is 0 Å². The van der Waals surface area contributed by atoms with E-state index in [0.717, 1.165) is 33.4 Å². The van der Waals surface area contributed by atoms with Gasteiger partial charge in [-0.15, -0.1) is 0 Å². The highest BCUT2D eigenvalue weighted by atomic mass is 28.3. The van der Waals surface area contributed by atoms with Crippen LogP contribution in [0.5, 0.6) is 0 Å². The van der Waals surface area contributed by atoms with Crippen LogP contribution < -0.4 is 10.4 Å². The first-order valence-corrected chi connectivity index (χ1v) is 21.2. The molecule has 8 aromatic carbocycles. The molecule has 0 saturated carbocycles. The first kappa shape index (κ1) is 31.3. The molecule has 0 fully saturated rings. The van der Waals surface area contributed by atoms with E-state index < -0.39 is 8.07 Å². The molecule has 0 N–H and O–H groups in total. The Kier molecular flexibility index (Phi) is 7.27. The fraction of sp³-hybridized carbons (Fsp3) is 0.0408. The lowest BCUT2D eigenvalue weighted by atomic mass is 10.00. The molecule has 53 heavy (non-hydrogen) atoms. The highest BCUT2D eigenvalue weighted by molar-refractivity contribution is 7.04. The standard InChI is InChI=1S/C49H35N3Si/c1-53(2)45-31-42(25-26-43(45)44-29-38-15-8-9-16-39(38)30-46(44)53)49-51-47(50-48(52-49)41-18-10-17-37(28-41)32-11-4-3-5-12-32)35-22-19-34(20-23-35)40-24-21-33-13-6-7-14-36(33)27-40/h3-31H,1-2H3. The molecule has 1 aliphatic rings. The maximum atomic E-state index is 5.19. The lowest BCUT2D eigenvalue weighted by Gasteiger charge is -2.19. The van der Waals surface area contributed by atoms with E-state index in [2.05, 4.69) is 183 Å². The number of hydrogen-bond acceptors (Lipinski definition) is 3. The number of benzene rings is 8. The van der Waals surface area contributed by atoms with Crippen LogP contribution in [-0.2, 0) is 0 Å². The Balaban J connectivity index is 1.09. The summed E-state index contributed by atoms with van der Waals surface area (Å²) in [6, 6.07) is 63.0. The quantitative estimate of drug-likeness (QED) is 0.168. The second-order valence-corrected chi connectivity index (χ2v) is 18.8. The normalized spacial score (nSPS) is 12.9. The third-order valence-corrected chi connectivity index (χ3v) is 14.4. The van der Waals surface area contributed by atoms with Crippen LogP contribution in [-0.4, -0.2) is 23.0 Å². The molecule has 2 heterocycles. The summed E-state index contributed by atoms with van der Waals surface area (Å²) < 4.78 is 0. The third kappa shape index (κ3) is 5.47. The minimum atomic E-state index is -1.99. The smallest absolute Gasteiger partial charge is 0.164 e. The molecule has 250 valence electrons. The maximum absolute atomic E-state index is 5.19. The zero-order valence-corrected chi connectivity index (χ0v) is 30.6. The minimum absolute atomic E-state index is 0.659. The van der Waals surface area contributed by atoms with Gasteiger partial charge in [-0.1, -0.05) is 171 Å². The van der Waals surface area contributed by atoms with Crippen molar-refractivity contribution in [3.05, 3.63) is 176 Å². The molecule has 0 bridgehead atoms. The zero-order valence-electron chi connectivity index (χ0n) is 29.6. The van der Waals surface area contributed by atoms with Crippen LogP contribution in [0.4, 0.5) is 0 Å². The van der Waals surface area contributed by atoms with E-state index in [-0.39, 0.29) is 0 Å². The van der Waals surface area contributed by atoms with Gasteiger partial charge in [0.15, 0.2) is 17.5 Å². The topological polar surface area (TPSA) is 38.7 Å². The molecule has 0 aliphatic carbocycles. The summed E-state index contributed by atoms with van der Waals surface area (Å²) in [6.45, 7) is 4.93. The Labute approximate surface area is 310 Å². The molecule has 0 saturated heterocycles. The zero-order chi connectivity index (χ0) is 35.5. The van der Waals surface area contributed by atoms with Crippen LogP contribution in [0.2, 0.25) is 13.1 Å². The molecule has 3 nitrogen and oxygen atoms in total. The molecule has 1 aromatic heterocycles. The Morgan fingerprint density at radius 3 is 1.51 bits per heavy atom. The summed E-state index contributed by atoms with van der Waals surface area (Å²) in [5, 5.41) is 7.97. The van der Waals surface area contributed by atoms with Crippen molar-refractivity contribution in [3.8, 4) is 67.5 Å². The van der Waals surface area contributed by atoms with E-state index in [1.54, 1.807) is 0 Å². The lowest BCUT2D eigenvalue weighted by molar-refractivity contribution is 1.07. The molecule has 4 heteroatoms. The van der Waals surface area contributed by atoms with Crippen LogP contribution in [0, 0.1) is 0 Å². The molecule has 0 radical (unpaired) electrons. The molecule has 10 rings (SSSR count). The predicted octanol–water partition coefficient (Wildman–Crippen LogP) is 11.3. The van der Waals surface area contributed by atoms with Crippen LogP contribution in [0.25, 0.3) is 89.1 Å². The minimum Gasteiger partial charge on any atom is -0.208 e. The first-order valence-electron chi connectivity index (χ1n) is 18.2. The van der Waals surface area contributed by atoms with Crippen LogP contribution in [0.15, 0.2) is 176 Å². The Hall–Kier alpha value is -6.49. The van der Waals surface area contributed by atoms with Gasteiger partial charge >= 0.3 is 0 Å². The Morgan fingerprint density at radius 1 is 0.302 bits per heavy atom. The van der Waals surface area contributed by atoms with Crippen molar-refractivity contribution >= 4 is 40.0 Å². The number of fused-ring (bicyclic) bond motifs is 5. The van der Waals surface area contributed by atoms with E-state index in [0.29, 0.717) is 17.5 Å². The van der Waals surface area contributed by atoms with E-state index in [4.69, 9.17) is 15.0 Å². The monoisotopic (exact) mass is 693 g/mol. The number of hydrogen-bond donors (Lipinski definition) is 0. The van der Waals surface area contributed by atoms with Crippen LogP contribution in [0.1, 0.15) is 0 Å². The molecular formula is C49H35N3Si. The first-order chi connectivity index (χ1) is 26.0. The summed E-state index contributed by atoms with van der Waals surface area (Å²) >= 11 is 0. The maximum Gasteiger partial charge on any atom is 0.164 e. The highest BCUT2D eigenvalue weighted by Gasteiger charge is 2.38. The summed E-state index contributed by atoms with van der Waals surface area (Å²) in [6.07, 6.45) is 0. The van der Waals surface area contributed by atoms with Gasteiger partial charge in [0.05, 0.1) is 0 Å². The average Bonchev–Trinajstić information content (AvgIpc) is 3.44. The second kappa shape index (κ2) is 12.3. The Bertz CT molecular complexity index is 2860. The second-order valence-electron chi connectivity index (χ2n) is 14.5. The van der Waals surface area contributed by atoms with E-state index in [1.807, 2.05) is 6.07 Å². The molecule has 9 aromatic rings. The molecule has 1 aliphatic heterocycles. The van der Waals surface area contributed by atoms with E-state index in [9.17, 15) is 0 Å². The van der Waals surface area contributed by atoms with Crippen LogP contribution in [0.3, 0.4) is 0 Å². The third-order valence-electron chi connectivity index (χ3n) is 10.9. The summed E-state index contributed by atoms with van der Waals surface area (Å²) in [5.74, 6) is 2.00. The van der Waals surface area contributed by atoms with Crippen molar-refractivity contribution in [2.45, 2.75) is 13.1 Å². The van der Waals surface area contributed by atoms with E-state index in [1.165, 1.54) is 48.6 Å². The molecular weight excluding hydrogens is 659 g/mol. The SMILES string of the molecule is C[Si]1(C)c2cc(-c3nc(-c4ccc(-c5ccc6ccccc6c5)cc4)nc(-c4cccc(-c5ccccc5)c4)n3)ccc2-c2cc3ccccc3cc21. The van der Waals surface area contributed by atoms with Gasteiger partial charge in [0.25, 0.3) is 0 Å². The van der Waals surface area contributed by atoms with Gasteiger partial charge in [-0.2, -0.15) is 0 Å². The van der Waals surface area contributed by atoms with Crippen molar-refractivity contribution in [3.63, 3.8) is 0 Å². The lowest BCUT2D eigenvalue weighted by Crippen LogP contribution is -2.49. The van der Waals surface area contributed by atoms with Gasteiger partial charge in [0.1, 0.15) is 8.07 Å².